The molecule has 1 saturated heterocycles. The smallest absolute Gasteiger partial charge is 0.310 e. The molecule has 0 radical (unpaired) electrons. The summed E-state index contributed by atoms with van der Waals surface area (Å²) in [5.74, 6) is 1.98. The highest BCUT2D eigenvalue weighted by Gasteiger charge is 2.35. The maximum absolute atomic E-state index is 12.1. The average molecular weight is 253 g/mol. The number of esters is 1. The molecule has 2 rings (SSSR count). The Balaban J connectivity index is 1.93. The van der Waals surface area contributed by atoms with Crippen LogP contribution in [0.2, 0.25) is 0 Å². The van der Waals surface area contributed by atoms with E-state index in [2.05, 4.69) is 26.1 Å². The van der Waals surface area contributed by atoms with Crippen molar-refractivity contribution in [2.24, 2.45) is 23.7 Å². The molecule has 1 aliphatic carbocycles. The van der Waals surface area contributed by atoms with Crippen LogP contribution in [0.25, 0.3) is 0 Å². The second-order valence-corrected chi connectivity index (χ2v) is 6.49. The summed E-state index contributed by atoms with van der Waals surface area (Å²) >= 11 is 0. The molecule has 0 aromatic heterocycles. The lowest BCUT2D eigenvalue weighted by Crippen LogP contribution is -2.37. The molecule has 2 fully saturated rings. The van der Waals surface area contributed by atoms with E-state index in [9.17, 15) is 4.79 Å². The van der Waals surface area contributed by atoms with Crippen LogP contribution in [-0.4, -0.2) is 25.2 Å². The summed E-state index contributed by atoms with van der Waals surface area (Å²) in [6.45, 7) is 8.52. The van der Waals surface area contributed by atoms with Crippen molar-refractivity contribution in [2.45, 2.75) is 52.6 Å². The second kappa shape index (κ2) is 6.05. The zero-order chi connectivity index (χ0) is 13.1. The molecule has 0 aromatic carbocycles. The molecule has 1 N–H and O–H groups in total. The van der Waals surface area contributed by atoms with Crippen LogP contribution in [0.5, 0.6) is 0 Å². The van der Waals surface area contributed by atoms with Crippen LogP contribution in [-0.2, 0) is 9.53 Å². The monoisotopic (exact) mass is 253 g/mol. The first kappa shape index (κ1) is 13.9. The maximum atomic E-state index is 12.1. The summed E-state index contributed by atoms with van der Waals surface area (Å²) in [5.41, 5.74) is 0. The first-order valence-electron chi connectivity index (χ1n) is 7.49. The Hall–Kier alpha value is -0.570. The summed E-state index contributed by atoms with van der Waals surface area (Å²) in [7, 11) is 0. The molecule has 3 heteroatoms. The van der Waals surface area contributed by atoms with Crippen molar-refractivity contribution in [1.29, 1.82) is 0 Å². The van der Waals surface area contributed by atoms with Crippen molar-refractivity contribution >= 4 is 5.97 Å². The van der Waals surface area contributed by atoms with E-state index in [1.807, 2.05) is 0 Å². The van der Waals surface area contributed by atoms with E-state index in [0.717, 1.165) is 25.9 Å². The van der Waals surface area contributed by atoms with E-state index in [4.69, 9.17) is 4.74 Å². The van der Waals surface area contributed by atoms with E-state index >= 15 is 0 Å². The number of ether oxygens (including phenoxy) is 1. The van der Waals surface area contributed by atoms with Gasteiger partial charge in [-0.3, -0.25) is 4.79 Å². The summed E-state index contributed by atoms with van der Waals surface area (Å²) < 4.78 is 5.84. The van der Waals surface area contributed by atoms with E-state index in [1.54, 1.807) is 0 Å². The fourth-order valence-electron chi connectivity index (χ4n) is 3.35. The van der Waals surface area contributed by atoms with Crippen LogP contribution in [0, 0.1) is 23.7 Å². The molecule has 1 saturated carbocycles. The molecule has 2 aliphatic rings. The van der Waals surface area contributed by atoms with Crippen LogP contribution in [0.3, 0.4) is 0 Å². The van der Waals surface area contributed by atoms with Gasteiger partial charge in [0.15, 0.2) is 0 Å². The van der Waals surface area contributed by atoms with Crippen molar-refractivity contribution in [2.75, 3.05) is 13.1 Å². The lowest BCUT2D eigenvalue weighted by molar-refractivity contribution is -0.160. The molecule has 4 atom stereocenters. The molecular weight excluding hydrogens is 226 g/mol. The van der Waals surface area contributed by atoms with Gasteiger partial charge in [-0.2, -0.15) is 0 Å². The molecule has 18 heavy (non-hydrogen) atoms. The molecule has 0 amide bonds. The Morgan fingerprint density at radius 2 is 2.06 bits per heavy atom. The number of rotatable bonds is 3. The van der Waals surface area contributed by atoms with Crippen LogP contribution < -0.4 is 5.32 Å². The maximum Gasteiger partial charge on any atom is 0.310 e. The number of carbonyl (C=O) groups is 1. The third-order valence-electron chi connectivity index (χ3n) is 4.62. The first-order chi connectivity index (χ1) is 8.58. The zero-order valence-corrected chi connectivity index (χ0v) is 11.9. The quantitative estimate of drug-likeness (QED) is 0.786. The van der Waals surface area contributed by atoms with Gasteiger partial charge in [0.1, 0.15) is 6.10 Å². The number of hydrogen-bond acceptors (Lipinski definition) is 3. The normalized spacial score (nSPS) is 36.9. The number of nitrogens with one attached hydrogen (secondary N) is 1. The number of carbonyl (C=O) groups excluding carboxylic acids is 1. The SMILES string of the molecule is CC1CCC(C(C)C)C(OC(=O)C2CCNC2)C1. The van der Waals surface area contributed by atoms with E-state index in [-0.39, 0.29) is 18.0 Å². The van der Waals surface area contributed by atoms with Crippen molar-refractivity contribution in [3.8, 4) is 0 Å². The van der Waals surface area contributed by atoms with E-state index in [1.165, 1.54) is 12.8 Å². The summed E-state index contributed by atoms with van der Waals surface area (Å²) in [5, 5.41) is 3.23. The fraction of sp³-hybridized carbons (Fsp3) is 0.933. The lowest BCUT2D eigenvalue weighted by Gasteiger charge is -2.37. The molecule has 104 valence electrons. The van der Waals surface area contributed by atoms with Gasteiger partial charge in [-0.15, -0.1) is 0 Å². The van der Waals surface area contributed by atoms with Crippen LogP contribution in [0.4, 0.5) is 0 Å². The molecule has 0 bridgehead atoms. The average Bonchev–Trinajstić information content (AvgIpc) is 2.81. The molecule has 1 aliphatic heterocycles. The summed E-state index contributed by atoms with van der Waals surface area (Å²) in [4.78, 5) is 12.1. The van der Waals surface area contributed by atoms with Gasteiger partial charge in [-0.25, -0.2) is 0 Å². The minimum Gasteiger partial charge on any atom is -0.462 e. The van der Waals surface area contributed by atoms with Gasteiger partial charge >= 0.3 is 5.97 Å². The van der Waals surface area contributed by atoms with Gasteiger partial charge in [-0.05, 0) is 43.6 Å². The zero-order valence-electron chi connectivity index (χ0n) is 11.9. The van der Waals surface area contributed by atoms with Gasteiger partial charge in [0.25, 0.3) is 0 Å². The van der Waals surface area contributed by atoms with E-state index < -0.39 is 0 Å². The Bertz CT molecular complexity index is 284. The lowest BCUT2D eigenvalue weighted by atomic mass is 9.75. The molecule has 1 heterocycles. The Kier molecular flexibility index (Phi) is 4.66. The number of hydrogen-bond donors (Lipinski definition) is 1. The van der Waals surface area contributed by atoms with Crippen LogP contribution in [0.1, 0.15) is 46.5 Å². The Labute approximate surface area is 111 Å². The van der Waals surface area contributed by atoms with Crippen LogP contribution in [0.15, 0.2) is 0 Å². The predicted molar refractivity (Wildman–Crippen MR) is 72.2 cm³/mol. The van der Waals surface area contributed by atoms with Crippen molar-refractivity contribution in [1.82, 2.24) is 5.32 Å². The largest absolute Gasteiger partial charge is 0.462 e. The Morgan fingerprint density at radius 1 is 1.28 bits per heavy atom. The Morgan fingerprint density at radius 3 is 2.67 bits per heavy atom. The van der Waals surface area contributed by atoms with Gasteiger partial charge in [0.05, 0.1) is 5.92 Å². The summed E-state index contributed by atoms with van der Waals surface area (Å²) in [6.07, 6.45) is 4.63. The van der Waals surface area contributed by atoms with Crippen molar-refractivity contribution in [3.05, 3.63) is 0 Å². The highest BCUT2D eigenvalue weighted by atomic mass is 16.5. The van der Waals surface area contributed by atoms with E-state index in [0.29, 0.717) is 17.8 Å². The van der Waals surface area contributed by atoms with Crippen LogP contribution >= 0.6 is 0 Å². The minimum atomic E-state index is 0.0322. The molecule has 3 nitrogen and oxygen atoms in total. The first-order valence-corrected chi connectivity index (χ1v) is 7.49. The fourth-order valence-corrected chi connectivity index (χ4v) is 3.35. The van der Waals surface area contributed by atoms with Crippen molar-refractivity contribution in [3.63, 3.8) is 0 Å². The molecular formula is C15H27NO2. The molecule has 0 aromatic rings. The van der Waals surface area contributed by atoms with Gasteiger partial charge in [0.2, 0.25) is 0 Å². The van der Waals surface area contributed by atoms with Gasteiger partial charge in [-0.1, -0.05) is 27.2 Å². The second-order valence-electron chi connectivity index (χ2n) is 6.49. The van der Waals surface area contributed by atoms with Gasteiger partial charge < -0.3 is 10.1 Å². The molecule has 0 spiro atoms. The third-order valence-corrected chi connectivity index (χ3v) is 4.62. The summed E-state index contributed by atoms with van der Waals surface area (Å²) in [6, 6.07) is 0. The molecule has 4 unspecified atom stereocenters. The highest BCUT2D eigenvalue weighted by Crippen LogP contribution is 2.35. The predicted octanol–water partition coefficient (Wildman–Crippen LogP) is 2.60. The van der Waals surface area contributed by atoms with Gasteiger partial charge in [0, 0.05) is 6.54 Å². The third kappa shape index (κ3) is 3.25. The standard InChI is InChI=1S/C15H27NO2/c1-10(2)13-5-4-11(3)8-14(13)18-15(17)12-6-7-16-9-12/h10-14,16H,4-9H2,1-3H3. The highest BCUT2D eigenvalue weighted by molar-refractivity contribution is 5.73. The van der Waals surface area contributed by atoms with Crippen molar-refractivity contribution < 1.29 is 9.53 Å². The minimum absolute atomic E-state index is 0.0322. The topological polar surface area (TPSA) is 38.3 Å².